The third-order valence-electron chi connectivity index (χ3n) is 6.86. The van der Waals surface area contributed by atoms with Crippen LogP contribution in [-0.2, 0) is 0 Å². The summed E-state index contributed by atoms with van der Waals surface area (Å²) in [7, 11) is 0. The first-order chi connectivity index (χ1) is 19.8. The smallest absolute Gasteiger partial charge is 0.183 e. The number of H-pyrrole nitrogens is 2. The summed E-state index contributed by atoms with van der Waals surface area (Å²) in [5.74, 6) is 1.79. The Labute approximate surface area is 223 Å². The van der Waals surface area contributed by atoms with Gasteiger partial charge in [0.2, 0.25) is 0 Å². The standard InChI is InChI=1S/C28H14N12/c1-5-13-17(29-9-1)25-34-21(13)33-22-14-6-2-11-31-19(14)27(35-22)40-28-20-16(8-4-12-32-20)24(39-28)38-26-18-15(7-3-10-30-18)23(36-25)37-26/h1-12H,(H2,33,34,35,36,37,38,39,40). The van der Waals surface area contributed by atoms with Crippen molar-refractivity contribution in [3.05, 3.63) is 73.3 Å². The number of hydrogen-bond donors (Lipinski definition) is 2. The highest BCUT2D eigenvalue weighted by atomic mass is 15.1. The Morgan fingerprint density at radius 3 is 1.38 bits per heavy atom. The highest BCUT2D eigenvalue weighted by Gasteiger charge is 2.23. The zero-order valence-corrected chi connectivity index (χ0v) is 20.4. The molecule has 0 aromatic carbocycles. The van der Waals surface area contributed by atoms with E-state index in [4.69, 9.17) is 29.9 Å². The normalized spacial score (nSPS) is 12.0. The minimum absolute atomic E-state index is 0.418. The van der Waals surface area contributed by atoms with Gasteiger partial charge in [-0.2, -0.15) is 0 Å². The summed E-state index contributed by atoms with van der Waals surface area (Å²) >= 11 is 0. The van der Waals surface area contributed by atoms with Crippen molar-refractivity contribution in [2.24, 2.45) is 0 Å². The number of aromatic nitrogens is 12. The maximum Gasteiger partial charge on any atom is 0.183 e. The number of pyridine rings is 4. The number of rotatable bonds is 0. The van der Waals surface area contributed by atoms with E-state index >= 15 is 0 Å². The van der Waals surface area contributed by atoms with Gasteiger partial charge in [0.1, 0.15) is 33.7 Å². The third-order valence-corrected chi connectivity index (χ3v) is 6.86. The van der Waals surface area contributed by atoms with Crippen LogP contribution in [0, 0.1) is 0 Å². The van der Waals surface area contributed by atoms with Crippen LogP contribution in [-0.4, -0.2) is 59.8 Å². The third kappa shape index (κ3) is 2.95. The molecule has 7 aromatic heterocycles. The molecule has 0 atom stereocenters. The van der Waals surface area contributed by atoms with Gasteiger partial charge in [0, 0.05) is 46.7 Å². The molecule has 0 fully saturated rings. The van der Waals surface area contributed by atoms with Crippen molar-refractivity contribution < 1.29 is 0 Å². The molecule has 12 nitrogen and oxygen atoms in total. The van der Waals surface area contributed by atoms with E-state index in [0.717, 1.165) is 21.9 Å². The van der Waals surface area contributed by atoms with Gasteiger partial charge in [0.05, 0.1) is 0 Å². The Kier molecular flexibility index (Phi) is 4.05. The Bertz CT molecular complexity index is 2030. The molecule has 186 valence electrons. The fraction of sp³-hybridized carbons (Fsp3) is 0. The van der Waals surface area contributed by atoms with E-state index in [1.54, 1.807) is 24.8 Å². The fourth-order valence-electron chi connectivity index (χ4n) is 5.09. The van der Waals surface area contributed by atoms with E-state index in [-0.39, 0.29) is 0 Å². The summed E-state index contributed by atoms with van der Waals surface area (Å²) in [6.07, 6.45) is 6.86. The van der Waals surface area contributed by atoms with Gasteiger partial charge >= 0.3 is 0 Å². The van der Waals surface area contributed by atoms with Crippen molar-refractivity contribution in [3.8, 4) is 45.8 Å². The highest BCUT2D eigenvalue weighted by Crippen LogP contribution is 2.34. The molecule has 9 heterocycles. The molecular weight excluding hydrogens is 504 g/mol. The lowest BCUT2D eigenvalue weighted by Crippen LogP contribution is -1.86. The van der Waals surface area contributed by atoms with Gasteiger partial charge in [0.15, 0.2) is 34.6 Å². The molecule has 9 rings (SSSR count). The summed E-state index contributed by atoms with van der Waals surface area (Å²) < 4.78 is 0. The summed E-state index contributed by atoms with van der Waals surface area (Å²) in [6.45, 7) is 0. The minimum atomic E-state index is 0.418. The number of nitrogens with one attached hydrogen (secondary N) is 2. The number of hydrogen-bond acceptors (Lipinski definition) is 10. The van der Waals surface area contributed by atoms with E-state index in [0.29, 0.717) is 68.3 Å². The fourth-order valence-corrected chi connectivity index (χ4v) is 5.09. The zero-order chi connectivity index (χ0) is 26.2. The Morgan fingerprint density at radius 2 is 0.825 bits per heavy atom. The molecule has 0 unspecified atom stereocenters. The maximum atomic E-state index is 4.91. The molecule has 2 aliphatic heterocycles. The van der Waals surface area contributed by atoms with Crippen LogP contribution >= 0.6 is 0 Å². The molecule has 0 saturated heterocycles. The molecule has 0 spiro atoms. The second kappa shape index (κ2) is 7.74. The van der Waals surface area contributed by atoms with Crippen LogP contribution in [0.1, 0.15) is 0 Å². The first-order valence-electron chi connectivity index (χ1n) is 12.4. The van der Waals surface area contributed by atoms with E-state index in [1.165, 1.54) is 0 Å². The lowest BCUT2D eigenvalue weighted by molar-refractivity contribution is 1.18. The molecule has 40 heavy (non-hydrogen) atoms. The predicted octanol–water partition coefficient (Wildman–Crippen LogP) is 4.45. The molecule has 8 bridgehead atoms. The van der Waals surface area contributed by atoms with Gasteiger partial charge in [-0.15, -0.1) is 0 Å². The molecule has 12 heteroatoms. The van der Waals surface area contributed by atoms with Crippen molar-refractivity contribution in [2.45, 2.75) is 0 Å². The summed E-state index contributed by atoms with van der Waals surface area (Å²) in [5.41, 5.74) is 6.23. The molecular formula is C28H14N12. The van der Waals surface area contributed by atoms with Gasteiger partial charge in [-0.05, 0) is 48.5 Å². The largest absolute Gasteiger partial charge is 0.322 e. The lowest BCUT2D eigenvalue weighted by atomic mass is 10.2. The number of nitrogens with zero attached hydrogens (tertiary/aromatic N) is 10. The Balaban J connectivity index is 1.51. The average Bonchev–Trinajstić information content (AvgIpc) is 3.73. The van der Waals surface area contributed by atoms with Crippen molar-refractivity contribution in [2.75, 3.05) is 0 Å². The van der Waals surface area contributed by atoms with E-state index in [1.807, 2.05) is 48.5 Å². The van der Waals surface area contributed by atoms with Gasteiger partial charge in [-0.3, -0.25) is 19.9 Å². The summed E-state index contributed by atoms with van der Waals surface area (Å²) in [4.78, 5) is 54.1. The van der Waals surface area contributed by atoms with Crippen LogP contribution in [0.4, 0.5) is 0 Å². The van der Waals surface area contributed by atoms with E-state index in [2.05, 4.69) is 29.9 Å². The molecule has 0 radical (unpaired) electrons. The van der Waals surface area contributed by atoms with E-state index in [9.17, 15) is 0 Å². The first-order valence-corrected chi connectivity index (χ1v) is 12.4. The van der Waals surface area contributed by atoms with Crippen LogP contribution < -0.4 is 0 Å². The molecule has 0 amide bonds. The molecule has 2 aliphatic rings. The monoisotopic (exact) mass is 518 g/mol. The molecule has 0 saturated carbocycles. The summed E-state index contributed by atoms with van der Waals surface area (Å²) in [5, 5.41) is 1.58. The van der Waals surface area contributed by atoms with Gasteiger partial charge in [-0.1, -0.05) is 0 Å². The SMILES string of the molecule is c1cnc2c(c1)-c1nc-2nc2[nH]c(nc3nc(nc4[nH]c(n1)c1ncccc41)-c1cccnc1-3)c1ncccc21. The van der Waals surface area contributed by atoms with Crippen molar-refractivity contribution in [1.29, 1.82) is 0 Å². The second-order valence-electron chi connectivity index (χ2n) is 9.21. The number of fused-ring (bicyclic) bond motifs is 20. The van der Waals surface area contributed by atoms with Crippen LogP contribution in [0.3, 0.4) is 0 Å². The Morgan fingerprint density at radius 1 is 0.400 bits per heavy atom. The zero-order valence-electron chi connectivity index (χ0n) is 20.4. The molecule has 0 aliphatic carbocycles. The van der Waals surface area contributed by atoms with Crippen LogP contribution in [0.15, 0.2) is 73.3 Å². The topological polar surface area (TPSA) is 160 Å². The predicted molar refractivity (Wildman–Crippen MR) is 147 cm³/mol. The highest BCUT2D eigenvalue weighted by molar-refractivity contribution is 6.03. The van der Waals surface area contributed by atoms with Crippen molar-refractivity contribution in [1.82, 2.24) is 59.8 Å². The maximum absolute atomic E-state index is 4.91. The quantitative estimate of drug-likeness (QED) is 0.293. The second-order valence-corrected chi connectivity index (χ2v) is 9.21. The van der Waals surface area contributed by atoms with Gasteiger partial charge in [-0.25, -0.2) is 29.9 Å². The lowest BCUT2D eigenvalue weighted by Gasteiger charge is -1.95. The van der Waals surface area contributed by atoms with E-state index < -0.39 is 0 Å². The average molecular weight is 519 g/mol. The first kappa shape index (κ1) is 21.0. The summed E-state index contributed by atoms with van der Waals surface area (Å²) in [6, 6.07) is 15.1. The van der Waals surface area contributed by atoms with Crippen LogP contribution in [0.2, 0.25) is 0 Å². The number of aromatic amines is 2. The van der Waals surface area contributed by atoms with Gasteiger partial charge < -0.3 is 9.97 Å². The molecule has 7 aromatic rings. The molecule has 2 N–H and O–H groups in total. The van der Waals surface area contributed by atoms with Crippen LogP contribution in [0.5, 0.6) is 0 Å². The van der Waals surface area contributed by atoms with Crippen molar-refractivity contribution >= 4 is 44.4 Å². The Hall–Kier alpha value is -6.04. The van der Waals surface area contributed by atoms with Crippen molar-refractivity contribution in [3.63, 3.8) is 0 Å². The minimum Gasteiger partial charge on any atom is -0.322 e. The van der Waals surface area contributed by atoms with Crippen LogP contribution in [0.25, 0.3) is 90.2 Å². The van der Waals surface area contributed by atoms with Gasteiger partial charge in [0.25, 0.3) is 0 Å².